The van der Waals surface area contributed by atoms with Crippen molar-refractivity contribution >= 4 is 23.4 Å². The second-order valence-electron chi connectivity index (χ2n) is 10.7. The fourth-order valence-electron chi connectivity index (χ4n) is 6.06. The van der Waals surface area contributed by atoms with Crippen LogP contribution < -0.4 is 15.8 Å². The Balaban J connectivity index is 1.52. The lowest BCUT2D eigenvalue weighted by Crippen LogP contribution is -2.49. The number of allylic oxidation sites excluding steroid dienone is 2. The third kappa shape index (κ3) is 5.64. The van der Waals surface area contributed by atoms with Crippen molar-refractivity contribution in [3.63, 3.8) is 0 Å². The highest BCUT2D eigenvalue weighted by molar-refractivity contribution is 6.08. The van der Waals surface area contributed by atoms with Gasteiger partial charge in [0, 0.05) is 11.5 Å². The Morgan fingerprint density at radius 3 is 2.40 bits per heavy atom. The van der Waals surface area contributed by atoms with Crippen LogP contribution in [0.15, 0.2) is 53.7 Å². The van der Waals surface area contributed by atoms with Gasteiger partial charge in [-0.3, -0.25) is 14.4 Å². The molecule has 1 saturated carbocycles. The first-order valence-electron chi connectivity index (χ1n) is 14.0. The molecule has 2 aromatic rings. The molecule has 3 aliphatic rings. The van der Waals surface area contributed by atoms with Gasteiger partial charge >= 0.3 is 0 Å². The van der Waals surface area contributed by atoms with Crippen molar-refractivity contribution in [1.29, 1.82) is 0 Å². The summed E-state index contributed by atoms with van der Waals surface area (Å²) in [5.41, 5.74) is 7.78. The van der Waals surface area contributed by atoms with E-state index in [4.69, 9.17) is 15.6 Å². The number of nitrogens with one attached hydrogen (secondary N) is 1. The number of fused-ring (bicyclic) bond motifs is 1. The number of halogens is 1. The van der Waals surface area contributed by atoms with Crippen molar-refractivity contribution in [3.8, 4) is 16.9 Å². The van der Waals surface area contributed by atoms with Crippen molar-refractivity contribution in [2.24, 2.45) is 22.7 Å². The van der Waals surface area contributed by atoms with Crippen LogP contribution in [0.5, 0.6) is 5.75 Å². The number of benzene rings is 2. The maximum Gasteiger partial charge on any atom is 0.254 e. The Bertz CT molecular complexity index is 1360. The van der Waals surface area contributed by atoms with Gasteiger partial charge in [-0.05, 0) is 67.1 Å². The minimum absolute atomic E-state index is 0.0335. The number of rotatable bonds is 7. The number of primary amides is 1. The first-order chi connectivity index (χ1) is 19.4. The van der Waals surface area contributed by atoms with Gasteiger partial charge in [-0.15, -0.1) is 0 Å². The molecule has 0 spiro atoms. The monoisotopic (exact) mass is 546 g/mol. The summed E-state index contributed by atoms with van der Waals surface area (Å²) in [4.78, 5) is 36.9. The molecule has 1 fully saturated rings. The van der Waals surface area contributed by atoms with Crippen LogP contribution in [-0.2, 0) is 9.59 Å². The van der Waals surface area contributed by atoms with E-state index in [-0.39, 0.29) is 35.9 Å². The van der Waals surface area contributed by atoms with Crippen LogP contribution >= 0.6 is 0 Å². The van der Waals surface area contributed by atoms with Crippen molar-refractivity contribution in [1.82, 2.24) is 10.3 Å². The number of hydrogen-bond acceptors (Lipinski definition) is 5. The van der Waals surface area contributed by atoms with Crippen LogP contribution in [0.2, 0.25) is 0 Å². The summed E-state index contributed by atoms with van der Waals surface area (Å²) in [5.74, 6) is -1.69. The number of methoxy groups -OCH3 is 1. The lowest BCUT2D eigenvalue weighted by Gasteiger charge is -2.40. The van der Waals surface area contributed by atoms with E-state index in [0.29, 0.717) is 23.3 Å². The SMILES string of the molecule is COc1ccc(C2=NN(C3CCCCCC3)C(=O)[C@@H]3CC=CC[C@H]23)cc1-c1ccc(C(=O)NCC(N)=O)c(F)c1. The summed E-state index contributed by atoms with van der Waals surface area (Å²) in [6, 6.07) is 10.1. The van der Waals surface area contributed by atoms with Crippen molar-refractivity contribution in [2.45, 2.75) is 57.4 Å². The molecule has 0 aromatic heterocycles. The molecular weight excluding hydrogens is 511 g/mol. The highest BCUT2D eigenvalue weighted by atomic mass is 19.1. The van der Waals surface area contributed by atoms with E-state index in [1.54, 1.807) is 18.2 Å². The highest BCUT2D eigenvalue weighted by Gasteiger charge is 2.42. The van der Waals surface area contributed by atoms with Crippen LogP contribution in [0.1, 0.15) is 67.3 Å². The summed E-state index contributed by atoms with van der Waals surface area (Å²) >= 11 is 0. The van der Waals surface area contributed by atoms with E-state index >= 15 is 4.39 Å². The highest BCUT2D eigenvalue weighted by Crippen LogP contribution is 2.39. The molecular formula is C31H35FN4O4. The molecule has 1 aliphatic heterocycles. The molecule has 1 heterocycles. The van der Waals surface area contributed by atoms with Gasteiger partial charge in [-0.2, -0.15) is 5.10 Å². The molecule has 210 valence electrons. The van der Waals surface area contributed by atoms with Gasteiger partial charge in [-0.25, -0.2) is 9.40 Å². The zero-order chi connectivity index (χ0) is 28.2. The van der Waals surface area contributed by atoms with Crippen molar-refractivity contribution in [3.05, 3.63) is 65.5 Å². The van der Waals surface area contributed by atoms with Crippen LogP contribution in [0.25, 0.3) is 11.1 Å². The molecule has 2 aliphatic carbocycles. The average molecular weight is 547 g/mol. The molecule has 0 unspecified atom stereocenters. The average Bonchev–Trinajstić information content (AvgIpc) is 3.25. The number of ether oxygens (including phenoxy) is 1. The molecule has 8 nitrogen and oxygen atoms in total. The fourth-order valence-corrected chi connectivity index (χ4v) is 6.06. The summed E-state index contributed by atoms with van der Waals surface area (Å²) in [7, 11) is 1.55. The Hall–Kier alpha value is -4.01. The lowest BCUT2D eigenvalue weighted by atomic mass is 9.76. The van der Waals surface area contributed by atoms with Gasteiger partial charge in [0.1, 0.15) is 11.6 Å². The zero-order valence-corrected chi connectivity index (χ0v) is 22.7. The number of hydrogen-bond donors (Lipinski definition) is 2. The minimum Gasteiger partial charge on any atom is -0.496 e. The largest absolute Gasteiger partial charge is 0.496 e. The van der Waals surface area contributed by atoms with E-state index in [1.165, 1.54) is 25.0 Å². The molecule has 0 saturated heterocycles. The van der Waals surface area contributed by atoms with Gasteiger partial charge in [0.15, 0.2) is 0 Å². The van der Waals surface area contributed by atoms with Crippen molar-refractivity contribution in [2.75, 3.05) is 13.7 Å². The third-order valence-electron chi connectivity index (χ3n) is 8.16. The summed E-state index contributed by atoms with van der Waals surface area (Å²) in [5, 5.41) is 9.10. The van der Waals surface area contributed by atoms with E-state index in [0.717, 1.165) is 43.4 Å². The van der Waals surface area contributed by atoms with Crippen LogP contribution in [0.4, 0.5) is 4.39 Å². The Kier molecular flexibility index (Phi) is 8.28. The predicted molar refractivity (Wildman–Crippen MR) is 150 cm³/mol. The van der Waals surface area contributed by atoms with Crippen LogP contribution in [-0.4, -0.2) is 48.1 Å². The third-order valence-corrected chi connectivity index (χ3v) is 8.16. The molecule has 2 atom stereocenters. The minimum atomic E-state index is -0.732. The number of hydrazone groups is 1. The molecule has 0 bridgehead atoms. The quantitative estimate of drug-likeness (QED) is 0.391. The Labute approximate surface area is 233 Å². The van der Waals surface area contributed by atoms with E-state index in [9.17, 15) is 14.4 Å². The number of nitrogens with zero attached hydrogens (tertiary/aromatic N) is 2. The van der Waals surface area contributed by atoms with Crippen LogP contribution in [0, 0.1) is 17.7 Å². The van der Waals surface area contributed by atoms with Gasteiger partial charge in [0.2, 0.25) is 11.8 Å². The smallest absolute Gasteiger partial charge is 0.254 e. The van der Waals surface area contributed by atoms with Gasteiger partial charge < -0.3 is 15.8 Å². The topological polar surface area (TPSA) is 114 Å². The van der Waals surface area contributed by atoms with E-state index in [2.05, 4.69) is 17.5 Å². The first kappa shape index (κ1) is 27.6. The van der Waals surface area contributed by atoms with Crippen LogP contribution in [0.3, 0.4) is 0 Å². The Morgan fingerprint density at radius 1 is 1.02 bits per heavy atom. The normalized spacial score (nSPS) is 21.3. The van der Waals surface area contributed by atoms with E-state index < -0.39 is 17.6 Å². The number of nitrogens with two attached hydrogens (primary N) is 1. The predicted octanol–water partition coefficient (Wildman–Crippen LogP) is 4.57. The molecule has 3 N–H and O–H groups in total. The molecule has 0 radical (unpaired) electrons. The maximum atomic E-state index is 15.1. The molecule has 3 amide bonds. The summed E-state index contributed by atoms with van der Waals surface area (Å²) < 4.78 is 20.7. The summed E-state index contributed by atoms with van der Waals surface area (Å²) in [6.45, 7) is -0.379. The molecule has 5 rings (SSSR count). The second kappa shape index (κ2) is 12.0. The van der Waals surface area contributed by atoms with Gasteiger partial charge in [0.25, 0.3) is 5.91 Å². The first-order valence-corrected chi connectivity index (χ1v) is 14.0. The molecule has 2 aromatic carbocycles. The van der Waals surface area contributed by atoms with Crippen molar-refractivity contribution < 1.29 is 23.5 Å². The molecule has 9 heteroatoms. The number of carbonyl (C=O) groups excluding carboxylic acids is 3. The number of amides is 3. The molecule has 40 heavy (non-hydrogen) atoms. The number of carbonyl (C=O) groups is 3. The van der Waals surface area contributed by atoms with Gasteiger partial charge in [0.05, 0.1) is 36.9 Å². The van der Waals surface area contributed by atoms with Gasteiger partial charge in [-0.1, -0.05) is 43.9 Å². The summed E-state index contributed by atoms with van der Waals surface area (Å²) in [6.07, 6.45) is 12.1. The zero-order valence-electron chi connectivity index (χ0n) is 22.7. The lowest BCUT2D eigenvalue weighted by molar-refractivity contribution is -0.140. The standard InChI is InChI=1S/C31H35FN4O4/c1-40-27-15-13-20(16-25(27)19-12-14-24(26(32)17-19)30(38)34-18-28(33)37)29-22-10-6-7-11-23(22)31(39)36(35-29)21-8-4-2-3-5-9-21/h6-7,12-17,21-23H,2-5,8-11,18H2,1H3,(H2,33,37)(H,34,38)/t22-,23+/m0/s1. The fraction of sp³-hybridized carbons (Fsp3) is 0.419. The maximum absolute atomic E-state index is 15.1. The second-order valence-corrected chi connectivity index (χ2v) is 10.7. The van der Waals surface area contributed by atoms with E-state index in [1.807, 2.05) is 18.2 Å². The Morgan fingerprint density at radius 2 is 1.73 bits per heavy atom.